The van der Waals surface area contributed by atoms with Crippen molar-refractivity contribution < 1.29 is 14.7 Å². The van der Waals surface area contributed by atoms with E-state index in [0.29, 0.717) is 19.4 Å². The van der Waals surface area contributed by atoms with Crippen LogP contribution in [0.5, 0.6) is 0 Å². The Labute approximate surface area is 120 Å². The summed E-state index contributed by atoms with van der Waals surface area (Å²) in [5, 5.41) is 8.67. The van der Waals surface area contributed by atoms with E-state index in [1.807, 2.05) is 13.8 Å². The van der Waals surface area contributed by atoms with Crippen molar-refractivity contribution in [3.05, 3.63) is 34.9 Å². The predicted molar refractivity (Wildman–Crippen MR) is 78.7 cm³/mol. The maximum atomic E-state index is 12.1. The number of benzene rings is 1. The number of aryl methyl sites for hydroxylation is 3. The van der Waals surface area contributed by atoms with Crippen LogP contribution < -0.4 is 0 Å². The monoisotopic (exact) mass is 277 g/mol. The molecule has 4 heteroatoms. The van der Waals surface area contributed by atoms with Gasteiger partial charge in [0.15, 0.2) is 0 Å². The first-order valence-corrected chi connectivity index (χ1v) is 6.99. The van der Waals surface area contributed by atoms with E-state index in [0.717, 1.165) is 0 Å². The Morgan fingerprint density at radius 2 is 1.90 bits per heavy atom. The van der Waals surface area contributed by atoms with E-state index in [1.54, 1.807) is 4.90 Å². The quantitative estimate of drug-likeness (QED) is 0.833. The van der Waals surface area contributed by atoms with Gasteiger partial charge in [0.25, 0.3) is 0 Å². The molecule has 110 valence electrons. The molecule has 1 amide bonds. The second kappa shape index (κ2) is 7.68. The summed E-state index contributed by atoms with van der Waals surface area (Å²) in [6.07, 6.45) is 1.13. The van der Waals surface area contributed by atoms with Crippen molar-refractivity contribution in [2.45, 2.75) is 40.0 Å². The van der Waals surface area contributed by atoms with Gasteiger partial charge in [0, 0.05) is 19.5 Å². The van der Waals surface area contributed by atoms with Crippen molar-refractivity contribution in [3.8, 4) is 0 Å². The Bertz CT molecular complexity index is 483. The van der Waals surface area contributed by atoms with Crippen LogP contribution in [0.4, 0.5) is 0 Å². The molecule has 4 nitrogen and oxygen atoms in total. The molecule has 0 heterocycles. The molecule has 20 heavy (non-hydrogen) atoms. The first kappa shape index (κ1) is 16.2. The smallest absolute Gasteiger partial charge is 0.305 e. The fraction of sp³-hybridized carbons (Fsp3) is 0.500. The van der Waals surface area contributed by atoms with E-state index in [1.165, 1.54) is 16.7 Å². The minimum absolute atomic E-state index is 0.00311. The number of hydrogen-bond donors (Lipinski definition) is 1. The third kappa shape index (κ3) is 5.03. The molecule has 0 unspecified atom stereocenters. The molecule has 0 bridgehead atoms. The molecule has 0 saturated carbocycles. The van der Waals surface area contributed by atoms with Crippen molar-refractivity contribution in [1.82, 2.24) is 4.90 Å². The Morgan fingerprint density at radius 3 is 2.45 bits per heavy atom. The zero-order valence-corrected chi connectivity index (χ0v) is 12.5. The molecule has 1 N–H and O–H groups in total. The lowest BCUT2D eigenvalue weighted by atomic mass is 10.0. The van der Waals surface area contributed by atoms with Crippen LogP contribution >= 0.6 is 0 Å². The van der Waals surface area contributed by atoms with Crippen LogP contribution in [0.1, 0.15) is 36.5 Å². The van der Waals surface area contributed by atoms with Gasteiger partial charge in [0.05, 0.1) is 6.42 Å². The first-order chi connectivity index (χ1) is 9.43. The van der Waals surface area contributed by atoms with Gasteiger partial charge < -0.3 is 10.0 Å². The Balaban J connectivity index is 2.54. The lowest BCUT2D eigenvalue weighted by Gasteiger charge is -2.20. The van der Waals surface area contributed by atoms with E-state index >= 15 is 0 Å². The van der Waals surface area contributed by atoms with Crippen molar-refractivity contribution in [2.24, 2.45) is 0 Å². The summed E-state index contributed by atoms with van der Waals surface area (Å²) >= 11 is 0. The second-order valence-corrected chi connectivity index (χ2v) is 5.05. The minimum atomic E-state index is -0.870. The highest BCUT2D eigenvalue weighted by atomic mass is 16.4. The molecule has 0 saturated heterocycles. The molecule has 0 aromatic heterocycles. The average molecular weight is 277 g/mol. The molecule has 0 radical (unpaired) electrons. The summed E-state index contributed by atoms with van der Waals surface area (Å²) in [5.41, 5.74) is 3.60. The predicted octanol–water partition coefficient (Wildman–Crippen LogP) is 2.56. The first-order valence-electron chi connectivity index (χ1n) is 6.99. The number of carboxylic acid groups (broad SMARTS) is 1. The number of hydrogen-bond acceptors (Lipinski definition) is 2. The highest BCUT2D eigenvalue weighted by molar-refractivity contribution is 5.77. The van der Waals surface area contributed by atoms with E-state index in [2.05, 4.69) is 25.1 Å². The van der Waals surface area contributed by atoms with E-state index in [4.69, 9.17) is 5.11 Å². The van der Waals surface area contributed by atoms with Crippen LogP contribution in [-0.4, -0.2) is 35.0 Å². The molecule has 1 aromatic carbocycles. The maximum absolute atomic E-state index is 12.1. The van der Waals surface area contributed by atoms with Gasteiger partial charge in [0.2, 0.25) is 5.91 Å². The number of carbonyl (C=O) groups is 2. The summed E-state index contributed by atoms with van der Waals surface area (Å²) in [4.78, 5) is 24.2. The summed E-state index contributed by atoms with van der Waals surface area (Å²) in [5.74, 6) is -0.848. The summed E-state index contributed by atoms with van der Waals surface area (Å²) in [7, 11) is 0. The molecule has 0 spiro atoms. The Morgan fingerprint density at radius 1 is 1.20 bits per heavy atom. The minimum Gasteiger partial charge on any atom is -0.481 e. The number of carbonyl (C=O) groups excluding carboxylic acids is 1. The molecule has 0 fully saturated rings. The van der Waals surface area contributed by atoms with Crippen LogP contribution in [0.25, 0.3) is 0 Å². The second-order valence-electron chi connectivity index (χ2n) is 5.05. The highest BCUT2D eigenvalue weighted by Gasteiger charge is 2.13. The third-order valence-corrected chi connectivity index (χ3v) is 3.44. The summed E-state index contributed by atoms with van der Waals surface area (Å²) in [6, 6.07) is 6.22. The molecular weight excluding hydrogens is 254 g/mol. The SMILES string of the molecule is CCN(CCC(=O)O)C(=O)CCc1ccc(C)cc1C. The van der Waals surface area contributed by atoms with Crippen molar-refractivity contribution in [1.29, 1.82) is 0 Å². The number of rotatable bonds is 7. The Kier molecular flexibility index (Phi) is 6.22. The van der Waals surface area contributed by atoms with Crippen LogP contribution in [0, 0.1) is 13.8 Å². The van der Waals surface area contributed by atoms with Gasteiger partial charge >= 0.3 is 5.97 Å². The number of aliphatic carboxylic acids is 1. The van der Waals surface area contributed by atoms with Gasteiger partial charge in [-0.2, -0.15) is 0 Å². The molecule has 0 aliphatic heterocycles. The number of amides is 1. The normalized spacial score (nSPS) is 10.3. The van der Waals surface area contributed by atoms with Gasteiger partial charge in [-0.1, -0.05) is 23.8 Å². The summed E-state index contributed by atoms with van der Waals surface area (Å²) < 4.78 is 0. The van der Waals surface area contributed by atoms with Crippen LogP contribution in [0.2, 0.25) is 0 Å². The molecule has 1 aromatic rings. The maximum Gasteiger partial charge on any atom is 0.305 e. The highest BCUT2D eigenvalue weighted by Crippen LogP contribution is 2.13. The van der Waals surface area contributed by atoms with E-state index in [-0.39, 0.29) is 18.9 Å². The topological polar surface area (TPSA) is 57.6 Å². The van der Waals surface area contributed by atoms with Gasteiger partial charge in [0.1, 0.15) is 0 Å². The van der Waals surface area contributed by atoms with Crippen LogP contribution in [-0.2, 0) is 16.0 Å². The largest absolute Gasteiger partial charge is 0.481 e. The third-order valence-electron chi connectivity index (χ3n) is 3.44. The fourth-order valence-electron chi connectivity index (χ4n) is 2.22. The lowest BCUT2D eigenvalue weighted by molar-refractivity contribution is -0.138. The Hall–Kier alpha value is -1.84. The van der Waals surface area contributed by atoms with E-state index < -0.39 is 5.97 Å². The zero-order valence-electron chi connectivity index (χ0n) is 12.5. The standard InChI is InChI=1S/C16H23NO3/c1-4-17(10-9-16(19)20)15(18)8-7-14-6-5-12(2)11-13(14)3/h5-6,11H,4,7-10H2,1-3H3,(H,19,20). The molecular formula is C16H23NO3. The lowest BCUT2D eigenvalue weighted by Crippen LogP contribution is -2.33. The van der Waals surface area contributed by atoms with Crippen LogP contribution in [0.3, 0.4) is 0 Å². The molecule has 1 rings (SSSR count). The van der Waals surface area contributed by atoms with Crippen molar-refractivity contribution >= 4 is 11.9 Å². The van der Waals surface area contributed by atoms with Gasteiger partial charge in [-0.05, 0) is 38.3 Å². The average Bonchev–Trinajstić information content (AvgIpc) is 2.38. The molecule has 0 aliphatic carbocycles. The van der Waals surface area contributed by atoms with Gasteiger partial charge in [-0.25, -0.2) is 0 Å². The zero-order chi connectivity index (χ0) is 15.1. The molecule has 0 atom stereocenters. The number of nitrogens with zero attached hydrogens (tertiary/aromatic N) is 1. The number of carboxylic acids is 1. The van der Waals surface area contributed by atoms with Crippen molar-refractivity contribution in [3.63, 3.8) is 0 Å². The van der Waals surface area contributed by atoms with Crippen LogP contribution in [0.15, 0.2) is 18.2 Å². The fourth-order valence-corrected chi connectivity index (χ4v) is 2.22. The molecule has 0 aliphatic rings. The van der Waals surface area contributed by atoms with E-state index in [9.17, 15) is 9.59 Å². The van der Waals surface area contributed by atoms with Gasteiger partial charge in [-0.15, -0.1) is 0 Å². The van der Waals surface area contributed by atoms with Crippen molar-refractivity contribution in [2.75, 3.05) is 13.1 Å². The summed E-state index contributed by atoms with van der Waals surface area (Å²) in [6.45, 7) is 6.81. The van der Waals surface area contributed by atoms with Gasteiger partial charge in [-0.3, -0.25) is 9.59 Å².